The lowest BCUT2D eigenvalue weighted by molar-refractivity contribution is 0.0921. The molecule has 2 N–H and O–H groups in total. The standard InChI is InChI=1S/C21H25FN2O4S/c1-23-29(26,27)19-13-16(9-12-18(19)28-2)21(25)24-20(14-5-3-4-6-14)15-7-10-17(22)11-8-15/h7-14,20,23H,3-6H2,1-2H3,(H,24,25). The molecule has 1 amide bonds. The van der Waals surface area contributed by atoms with Crippen molar-refractivity contribution in [3.63, 3.8) is 0 Å². The molecule has 1 saturated carbocycles. The molecule has 1 fully saturated rings. The second-order valence-electron chi connectivity index (χ2n) is 7.12. The van der Waals surface area contributed by atoms with Crippen molar-refractivity contribution in [2.45, 2.75) is 36.6 Å². The van der Waals surface area contributed by atoms with E-state index in [0.29, 0.717) is 0 Å². The van der Waals surface area contributed by atoms with E-state index in [9.17, 15) is 17.6 Å². The average Bonchev–Trinajstić information content (AvgIpc) is 3.26. The Hall–Kier alpha value is -2.45. The van der Waals surface area contributed by atoms with Crippen molar-refractivity contribution in [1.82, 2.24) is 10.0 Å². The summed E-state index contributed by atoms with van der Waals surface area (Å²) in [6, 6.07) is 10.2. The first-order valence-corrected chi connectivity index (χ1v) is 11.0. The second kappa shape index (κ2) is 8.92. The number of ether oxygens (including phenoxy) is 1. The van der Waals surface area contributed by atoms with Gasteiger partial charge in [0.25, 0.3) is 5.91 Å². The van der Waals surface area contributed by atoms with Gasteiger partial charge in [-0.3, -0.25) is 4.79 Å². The number of methoxy groups -OCH3 is 1. The maximum atomic E-state index is 13.4. The fourth-order valence-corrected chi connectivity index (χ4v) is 4.71. The molecule has 1 aliphatic carbocycles. The quantitative estimate of drug-likeness (QED) is 0.719. The van der Waals surface area contributed by atoms with Crippen LogP contribution in [-0.2, 0) is 10.0 Å². The number of sulfonamides is 1. The number of nitrogens with one attached hydrogen (secondary N) is 2. The monoisotopic (exact) mass is 420 g/mol. The van der Waals surface area contributed by atoms with Crippen LogP contribution in [0.15, 0.2) is 47.4 Å². The summed E-state index contributed by atoms with van der Waals surface area (Å²) in [5, 5.41) is 3.03. The predicted molar refractivity (Wildman–Crippen MR) is 108 cm³/mol. The molecule has 1 atom stereocenters. The molecule has 156 valence electrons. The summed E-state index contributed by atoms with van der Waals surface area (Å²) in [7, 11) is -1.13. The average molecular weight is 421 g/mol. The first kappa shape index (κ1) is 21.3. The van der Waals surface area contributed by atoms with Gasteiger partial charge in [0, 0.05) is 5.56 Å². The van der Waals surface area contributed by atoms with E-state index in [4.69, 9.17) is 4.74 Å². The molecule has 0 aliphatic heterocycles. The minimum Gasteiger partial charge on any atom is -0.495 e. The van der Waals surface area contributed by atoms with Gasteiger partial charge in [-0.15, -0.1) is 0 Å². The van der Waals surface area contributed by atoms with Crippen molar-refractivity contribution >= 4 is 15.9 Å². The Bertz CT molecular complexity index is 971. The first-order valence-electron chi connectivity index (χ1n) is 9.53. The number of rotatable bonds is 7. The van der Waals surface area contributed by atoms with E-state index in [0.717, 1.165) is 31.2 Å². The van der Waals surface area contributed by atoms with Crippen molar-refractivity contribution in [3.8, 4) is 5.75 Å². The highest BCUT2D eigenvalue weighted by molar-refractivity contribution is 7.89. The van der Waals surface area contributed by atoms with Crippen molar-refractivity contribution < 1.29 is 22.3 Å². The lowest BCUT2D eigenvalue weighted by atomic mass is 9.91. The van der Waals surface area contributed by atoms with Crippen LogP contribution in [0.2, 0.25) is 0 Å². The number of amides is 1. The van der Waals surface area contributed by atoms with E-state index >= 15 is 0 Å². The van der Waals surface area contributed by atoms with Gasteiger partial charge in [0.05, 0.1) is 13.2 Å². The van der Waals surface area contributed by atoms with Crippen LogP contribution < -0.4 is 14.8 Å². The van der Waals surface area contributed by atoms with Crippen LogP contribution in [0, 0.1) is 11.7 Å². The normalized spacial score (nSPS) is 15.8. The zero-order valence-electron chi connectivity index (χ0n) is 16.4. The molecule has 3 rings (SSSR count). The Balaban J connectivity index is 1.91. The third-order valence-electron chi connectivity index (χ3n) is 5.37. The molecule has 2 aromatic rings. The predicted octanol–water partition coefficient (Wildman–Crippen LogP) is 3.40. The zero-order chi connectivity index (χ0) is 21.0. The zero-order valence-corrected chi connectivity index (χ0v) is 17.3. The molecule has 0 heterocycles. The minimum atomic E-state index is -3.79. The highest BCUT2D eigenvalue weighted by Crippen LogP contribution is 2.36. The van der Waals surface area contributed by atoms with Crippen molar-refractivity contribution in [2.24, 2.45) is 5.92 Å². The van der Waals surface area contributed by atoms with Crippen molar-refractivity contribution in [3.05, 3.63) is 59.4 Å². The van der Waals surface area contributed by atoms with Gasteiger partial charge in [-0.1, -0.05) is 25.0 Å². The molecule has 1 aliphatic rings. The number of hydrogen-bond donors (Lipinski definition) is 2. The van der Waals surface area contributed by atoms with Gasteiger partial charge < -0.3 is 10.1 Å². The summed E-state index contributed by atoms with van der Waals surface area (Å²) in [5.74, 6) is -0.311. The van der Waals surface area contributed by atoms with Gasteiger partial charge in [-0.2, -0.15) is 0 Å². The third kappa shape index (κ3) is 4.76. The highest BCUT2D eigenvalue weighted by Gasteiger charge is 2.29. The Morgan fingerprint density at radius 1 is 1.14 bits per heavy atom. The first-order chi connectivity index (χ1) is 13.9. The molecule has 0 spiro atoms. The van der Waals surface area contributed by atoms with Crippen LogP contribution in [0.4, 0.5) is 4.39 Å². The van der Waals surface area contributed by atoms with Crippen LogP contribution in [0.5, 0.6) is 5.75 Å². The molecule has 1 unspecified atom stereocenters. The lowest BCUT2D eigenvalue weighted by Crippen LogP contribution is -2.33. The van der Waals surface area contributed by atoms with Crippen LogP contribution >= 0.6 is 0 Å². The van der Waals surface area contributed by atoms with E-state index in [-0.39, 0.29) is 39.9 Å². The topological polar surface area (TPSA) is 84.5 Å². The highest BCUT2D eigenvalue weighted by atomic mass is 32.2. The van der Waals surface area contributed by atoms with E-state index in [2.05, 4.69) is 10.0 Å². The largest absolute Gasteiger partial charge is 0.495 e. The van der Waals surface area contributed by atoms with Gasteiger partial charge >= 0.3 is 0 Å². The minimum absolute atomic E-state index is 0.102. The molecule has 0 aromatic heterocycles. The van der Waals surface area contributed by atoms with Gasteiger partial charge in [0.1, 0.15) is 16.5 Å². The van der Waals surface area contributed by atoms with E-state index < -0.39 is 10.0 Å². The number of carbonyl (C=O) groups is 1. The fraction of sp³-hybridized carbons (Fsp3) is 0.381. The number of carbonyl (C=O) groups excluding carboxylic acids is 1. The van der Waals surface area contributed by atoms with Crippen LogP contribution in [0.1, 0.15) is 47.6 Å². The van der Waals surface area contributed by atoms with Gasteiger partial charge in [0.15, 0.2) is 0 Å². The number of hydrogen-bond acceptors (Lipinski definition) is 4. The summed E-state index contributed by atoms with van der Waals surface area (Å²) < 4.78 is 45.3. The van der Waals surface area contributed by atoms with E-state index in [1.54, 1.807) is 12.1 Å². The van der Waals surface area contributed by atoms with Crippen LogP contribution in [0.25, 0.3) is 0 Å². The maximum absolute atomic E-state index is 13.4. The third-order valence-corrected chi connectivity index (χ3v) is 6.81. The molecular formula is C21H25FN2O4S. The Morgan fingerprint density at radius 2 is 1.79 bits per heavy atom. The Morgan fingerprint density at radius 3 is 2.38 bits per heavy atom. The molecule has 29 heavy (non-hydrogen) atoms. The maximum Gasteiger partial charge on any atom is 0.251 e. The fourth-order valence-electron chi connectivity index (χ4n) is 3.80. The SMILES string of the molecule is CNS(=O)(=O)c1cc(C(=O)NC(c2ccc(F)cc2)C2CCCC2)ccc1OC. The van der Waals surface area contributed by atoms with Crippen molar-refractivity contribution in [1.29, 1.82) is 0 Å². The molecule has 0 saturated heterocycles. The van der Waals surface area contributed by atoms with Gasteiger partial charge in [-0.05, 0) is 61.7 Å². The lowest BCUT2D eigenvalue weighted by Gasteiger charge is -2.25. The number of benzene rings is 2. The summed E-state index contributed by atoms with van der Waals surface area (Å²) in [6.07, 6.45) is 4.13. The summed E-state index contributed by atoms with van der Waals surface area (Å²) in [6.45, 7) is 0. The molecular weight excluding hydrogens is 395 g/mol. The molecule has 2 aromatic carbocycles. The molecule has 8 heteroatoms. The molecule has 0 radical (unpaired) electrons. The van der Waals surface area contributed by atoms with E-state index in [1.165, 1.54) is 44.5 Å². The molecule has 0 bridgehead atoms. The summed E-state index contributed by atoms with van der Waals surface area (Å²) in [4.78, 5) is 12.9. The Kier molecular flexibility index (Phi) is 6.54. The second-order valence-corrected chi connectivity index (χ2v) is 8.98. The summed E-state index contributed by atoms with van der Waals surface area (Å²) in [5.41, 5.74) is 1.05. The van der Waals surface area contributed by atoms with Gasteiger partial charge in [-0.25, -0.2) is 17.5 Å². The van der Waals surface area contributed by atoms with Crippen molar-refractivity contribution in [2.75, 3.05) is 14.2 Å². The van der Waals surface area contributed by atoms with Crippen LogP contribution in [0.3, 0.4) is 0 Å². The summed E-state index contributed by atoms with van der Waals surface area (Å²) >= 11 is 0. The molecule has 6 nitrogen and oxygen atoms in total. The smallest absolute Gasteiger partial charge is 0.251 e. The van der Waals surface area contributed by atoms with Crippen LogP contribution in [-0.4, -0.2) is 28.5 Å². The van der Waals surface area contributed by atoms with E-state index in [1.807, 2.05) is 0 Å². The Labute approximate surface area is 170 Å². The number of halogens is 1. The van der Waals surface area contributed by atoms with Gasteiger partial charge in [0.2, 0.25) is 10.0 Å².